The summed E-state index contributed by atoms with van der Waals surface area (Å²) in [6.07, 6.45) is 9.14. The lowest BCUT2D eigenvalue weighted by Crippen LogP contribution is -2.47. The van der Waals surface area contributed by atoms with E-state index in [4.69, 9.17) is 17.3 Å². The molecule has 3 aliphatic rings. The van der Waals surface area contributed by atoms with Crippen molar-refractivity contribution in [2.24, 2.45) is 29.4 Å². The van der Waals surface area contributed by atoms with E-state index >= 15 is 0 Å². The minimum atomic E-state index is -0.450. The minimum Gasteiger partial charge on any atom is -0.369 e. The molecule has 3 aliphatic carbocycles. The van der Waals surface area contributed by atoms with E-state index in [0.29, 0.717) is 46.0 Å². The first-order valence-electron chi connectivity index (χ1n) is 9.95. The number of H-pyrrole nitrogens is 1. The van der Waals surface area contributed by atoms with Crippen LogP contribution in [0.3, 0.4) is 0 Å². The van der Waals surface area contributed by atoms with Crippen LogP contribution in [0.1, 0.15) is 31.4 Å². The van der Waals surface area contributed by atoms with Gasteiger partial charge in [0.05, 0.1) is 16.9 Å². The Bertz CT molecular complexity index is 1090. The Morgan fingerprint density at radius 1 is 1.21 bits per heavy atom. The van der Waals surface area contributed by atoms with Crippen LogP contribution in [0.4, 0.5) is 4.39 Å². The van der Waals surface area contributed by atoms with Crippen LogP contribution in [-0.2, 0) is 11.2 Å². The van der Waals surface area contributed by atoms with E-state index < -0.39 is 5.82 Å². The molecule has 0 radical (unpaired) electrons. The van der Waals surface area contributed by atoms with Gasteiger partial charge in [0.1, 0.15) is 5.65 Å². The number of carbonyl (C=O) groups is 1. The van der Waals surface area contributed by atoms with Gasteiger partial charge in [-0.3, -0.25) is 4.79 Å². The van der Waals surface area contributed by atoms with E-state index in [1.807, 2.05) is 0 Å². The molecule has 150 valence electrons. The maximum Gasteiger partial charge on any atom is 0.221 e. The number of nitrogens with two attached hydrogens (primary N) is 1. The van der Waals surface area contributed by atoms with Crippen molar-refractivity contribution in [2.45, 2.75) is 32.1 Å². The first-order valence-corrected chi connectivity index (χ1v) is 10.3. The molecule has 2 atom stereocenters. The average Bonchev–Trinajstić information content (AvgIpc) is 3.13. The first kappa shape index (κ1) is 18.5. The highest BCUT2D eigenvalue weighted by atomic mass is 35.5. The number of fused-ring (bicyclic) bond motifs is 4. The molecule has 3 aromatic heterocycles. The van der Waals surface area contributed by atoms with Crippen LogP contribution < -0.4 is 5.73 Å². The Hall–Kier alpha value is -2.54. The van der Waals surface area contributed by atoms with Crippen LogP contribution in [-0.4, -0.2) is 25.8 Å². The van der Waals surface area contributed by atoms with Crippen molar-refractivity contribution < 1.29 is 9.18 Å². The van der Waals surface area contributed by atoms with Gasteiger partial charge in [-0.2, -0.15) is 0 Å². The number of hydrogen-bond donors (Lipinski definition) is 2. The highest BCUT2D eigenvalue weighted by molar-refractivity contribution is 6.31. The molecule has 0 spiro atoms. The zero-order chi connectivity index (χ0) is 20.1. The summed E-state index contributed by atoms with van der Waals surface area (Å²) in [6, 6.07) is 1.78. The van der Waals surface area contributed by atoms with Crippen LogP contribution in [0.15, 0.2) is 24.7 Å². The summed E-state index contributed by atoms with van der Waals surface area (Å²) < 4.78 is 14.6. The average molecular weight is 414 g/mol. The van der Waals surface area contributed by atoms with Crippen LogP contribution in [0.25, 0.3) is 22.4 Å². The van der Waals surface area contributed by atoms with Gasteiger partial charge in [-0.1, -0.05) is 11.6 Å². The zero-order valence-electron chi connectivity index (χ0n) is 15.7. The van der Waals surface area contributed by atoms with E-state index in [9.17, 15) is 9.18 Å². The summed E-state index contributed by atoms with van der Waals surface area (Å²) in [5, 5.41) is 1.28. The van der Waals surface area contributed by atoms with Crippen molar-refractivity contribution in [3.05, 3.63) is 41.2 Å². The smallest absolute Gasteiger partial charge is 0.221 e. The highest BCUT2D eigenvalue weighted by Gasteiger charge is 2.46. The Morgan fingerprint density at radius 2 is 1.97 bits per heavy atom. The SMILES string of the molecule is NC(=O)[C@H]1C2CCC(CC2)[C@@H]1Cc1nc(-c2c[nH]c3ncc(Cl)cc23)ncc1F. The topological polar surface area (TPSA) is 97.6 Å². The van der Waals surface area contributed by atoms with Crippen molar-refractivity contribution in [3.8, 4) is 11.4 Å². The number of aromatic amines is 1. The molecule has 3 N–H and O–H groups in total. The molecule has 3 fully saturated rings. The van der Waals surface area contributed by atoms with Gasteiger partial charge in [-0.25, -0.2) is 19.3 Å². The van der Waals surface area contributed by atoms with Gasteiger partial charge >= 0.3 is 0 Å². The van der Waals surface area contributed by atoms with Gasteiger partial charge < -0.3 is 10.7 Å². The number of amides is 1. The van der Waals surface area contributed by atoms with Gasteiger partial charge in [0.15, 0.2) is 11.6 Å². The molecule has 29 heavy (non-hydrogen) atoms. The highest BCUT2D eigenvalue weighted by Crippen LogP contribution is 2.49. The fraction of sp³-hybridized carbons (Fsp3) is 0.429. The minimum absolute atomic E-state index is 0.0383. The summed E-state index contributed by atoms with van der Waals surface area (Å²) >= 11 is 6.08. The predicted molar refractivity (Wildman–Crippen MR) is 107 cm³/mol. The Labute approximate surface area is 172 Å². The third-order valence-electron chi connectivity index (χ3n) is 6.70. The molecule has 8 heteroatoms. The fourth-order valence-electron chi connectivity index (χ4n) is 5.37. The van der Waals surface area contributed by atoms with Crippen molar-refractivity contribution in [1.29, 1.82) is 0 Å². The van der Waals surface area contributed by atoms with Gasteiger partial charge in [0.2, 0.25) is 5.91 Å². The van der Waals surface area contributed by atoms with E-state index in [1.54, 1.807) is 18.5 Å². The standard InChI is InChI=1S/C21H21ClFN5O/c22-12-5-14-15(8-26-20(14)25-7-12)21-27-9-16(23)17(28-21)6-13-10-1-3-11(4-2-10)18(13)19(24)29/h5,7-11,13,18H,1-4,6H2,(H2,24,29)(H,25,26)/t10?,11?,13-,18-/m0/s1. The van der Waals surface area contributed by atoms with Crippen LogP contribution in [0.2, 0.25) is 5.02 Å². The van der Waals surface area contributed by atoms with Crippen molar-refractivity contribution in [3.63, 3.8) is 0 Å². The molecule has 3 heterocycles. The van der Waals surface area contributed by atoms with E-state index in [0.717, 1.165) is 31.1 Å². The molecule has 1 amide bonds. The molecule has 3 saturated carbocycles. The van der Waals surface area contributed by atoms with Gasteiger partial charge in [0, 0.05) is 29.3 Å². The lowest BCUT2D eigenvalue weighted by atomic mass is 9.57. The van der Waals surface area contributed by atoms with E-state index in [-0.39, 0.29) is 17.7 Å². The molecule has 3 aromatic rings. The second kappa shape index (κ2) is 7.06. The maximum absolute atomic E-state index is 14.6. The Morgan fingerprint density at radius 3 is 2.72 bits per heavy atom. The zero-order valence-corrected chi connectivity index (χ0v) is 16.5. The lowest BCUT2D eigenvalue weighted by molar-refractivity contribution is -0.131. The molecule has 0 aromatic carbocycles. The van der Waals surface area contributed by atoms with Crippen molar-refractivity contribution >= 4 is 28.5 Å². The first-order chi connectivity index (χ1) is 14.0. The molecule has 0 unspecified atom stereocenters. The molecule has 2 bridgehead atoms. The van der Waals surface area contributed by atoms with Gasteiger partial charge in [-0.05, 0) is 55.9 Å². The molecule has 0 aliphatic heterocycles. The molecule has 0 saturated heterocycles. The predicted octanol–water partition coefficient (Wildman–Crippen LogP) is 3.89. The number of nitrogens with one attached hydrogen (secondary N) is 1. The van der Waals surface area contributed by atoms with Crippen LogP contribution in [0, 0.1) is 29.5 Å². The maximum atomic E-state index is 14.6. The summed E-state index contributed by atoms with van der Waals surface area (Å²) in [4.78, 5) is 28.2. The third-order valence-corrected chi connectivity index (χ3v) is 6.91. The van der Waals surface area contributed by atoms with Crippen LogP contribution in [0.5, 0.6) is 0 Å². The number of aromatic nitrogens is 4. The third kappa shape index (κ3) is 3.17. The second-order valence-electron chi connectivity index (χ2n) is 8.21. The number of carbonyl (C=O) groups excluding carboxylic acids is 1. The van der Waals surface area contributed by atoms with Gasteiger partial charge in [-0.15, -0.1) is 0 Å². The summed E-state index contributed by atoms with van der Waals surface area (Å²) in [7, 11) is 0. The normalized spacial score (nSPS) is 26.1. The van der Waals surface area contributed by atoms with Crippen LogP contribution >= 0.6 is 11.6 Å². The number of rotatable bonds is 4. The number of primary amides is 1. The van der Waals surface area contributed by atoms with E-state index in [2.05, 4.69) is 19.9 Å². The quantitative estimate of drug-likeness (QED) is 0.677. The molecular formula is C21H21ClFN5O. The number of nitrogens with zero attached hydrogens (tertiary/aromatic N) is 3. The fourth-order valence-corrected chi connectivity index (χ4v) is 5.53. The molecular weight excluding hydrogens is 393 g/mol. The number of halogens is 2. The van der Waals surface area contributed by atoms with Gasteiger partial charge in [0.25, 0.3) is 0 Å². The summed E-state index contributed by atoms with van der Waals surface area (Å²) in [5.41, 5.74) is 7.45. The summed E-state index contributed by atoms with van der Waals surface area (Å²) in [6.45, 7) is 0. The summed E-state index contributed by atoms with van der Waals surface area (Å²) in [5.74, 6) is 0.243. The Balaban J connectivity index is 1.51. The Kier molecular flexibility index (Phi) is 4.50. The largest absolute Gasteiger partial charge is 0.369 e. The van der Waals surface area contributed by atoms with Crippen molar-refractivity contribution in [1.82, 2.24) is 19.9 Å². The lowest BCUT2D eigenvalue weighted by Gasteiger charge is -2.47. The second-order valence-corrected chi connectivity index (χ2v) is 8.65. The monoisotopic (exact) mass is 413 g/mol. The molecule has 6 rings (SSSR count). The molecule has 6 nitrogen and oxygen atoms in total. The van der Waals surface area contributed by atoms with E-state index in [1.165, 1.54) is 6.20 Å². The number of hydrogen-bond acceptors (Lipinski definition) is 4. The number of pyridine rings is 1. The van der Waals surface area contributed by atoms with Crippen molar-refractivity contribution in [2.75, 3.05) is 0 Å².